The van der Waals surface area contributed by atoms with Gasteiger partial charge in [0, 0.05) is 6.07 Å². The molecule has 0 fully saturated rings. The molecule has 7 heteroatoms. The summed E-state index contributed by atoms with van der Waals surface area (Å²) in [5.41, 5.74) is 1.41. The molecule has 0 aliphatic carbocycles. The van der Waals surface area contributed by atoms with Crippen LogP contribution in [0.5, 0.6) is 0 Å². The minimum atomic E-state index is -0.524. The zero-order valence-corrected chi connectivity index (χ0v) is 12.6. The molecule has 6 nitrogen and oxygen atoms in total. The number of carbonyl (C=O) groups is 1. The van der Waals surface area contributed by atoms with Crippen molar-refractivity contribution in [1.29, 1.82) is 0 Å². The molecule has 114 valence electrons. The van der Waals surface area contributed by atoms with Crippen LogP contribution in [-0.4, -0.2) is 17.4 Å². The van der Waals surface area contributed by atoms with E-state index in [9.17, 15) is 14.9 Å². The molecule has 0 saturated carbocycles. The third kappa shape index (κ3) is 3.95. The van der Waals surface area contributed by atoms with Crippen LogP contribution in [-0.2, 0) is 4.79 Å². The highest BCUT2D eigenvalue weighted by atomic mass is 35.5. The molecule has 0 aliphatic heterocycles. The van der Waals surface area contributed by atoms with Crippen LogP contribution >= 0.6 is 11.6 Å². The summed E-state index contributed by atoms with van der Waals surface area (Å²) in [6.07, 6.45) is 0. The summed E-state index contributed by atoms with van der Waals surface area (Å²) in [4.78, 5) is 22.4. The molecule has 0 saturated heterocycles. The molecule has 0 aromatic heterocycles. The summed E-state index contributed by atoms with van der Waals surface area (Å²) in [5.74, 6) is -0.396. The van der Waals surface area contributed by atoms with Crippen molar-refractivity contribution in [1.82, 2.24) is 0 Å². The number of anilines is 2. The van der Waals surface area contributed by atoms with E-state index < -0.39 is 10.8 Å². The normalized spacial score (nSPS) is 10.1. The van der Waals surface area contributed by atoms with Crippen LogP contribution < -0.4 is 10.6 Å². The summed E-state index contributed by atoms with van der Waals surface area (Å²) in [6, 6.07) is 11.6. The summed E-state index contributed by atoms with van der Waals surface area (Å²) < 4.78 is 0. The smallest absolute Gasteiger partial charge is 0.293 e. The number of nitrogens with zero attached hydrogens (tertiary/aromatic N) is 1. The maximum absolute atomic E-state index is 11.9. The van der Waals surface area contributed by atoms with Crippen molar-refractivity contribution in [3.05, 3.63) is 63.2 Å². The number of nitro groups is 1. The summed E-state index contributed by atoms with van der Waals surface area (Å²) in [7, 11) is 0. The lowest BCUT2D eigenvalue weighted by atomic mass is 10.2. The first-order valence-corrected chi connectivity index (χ1v) is 6.88. The van der Waals surface area contributed by atoms with Gasteiger partial charge in [-0.3, -0.25) is 14.9 Å². The number of para-hydroxylation sites is 1. The van der Waals surface area contributed by atoms with Gasteiger partial charge in [-0.15, -0.1) is 0 Å². The number of rotatable bonds is 5. The topological polar surface area (TPSA) is 84.3 Å². The van der Waals surface area contributed by atoms with E-state index in [1.165, 1.54) is 12.1 Å². The van der Waals surface area contributed by atoms with Crippen LogP contribution in [0.1, 0.15) is 5.56 Å². The summed E-state index contributed by atoms with van der Waals surface area (Å²) >= 11 is 5.97. The predicted octanol–water partition coefficient (Wildman–Crippen LogP) is 3.61. The molecule has 0 unspecified atom stereocenters. The zero-order chi connectivity index (χ0) is 16.1. The minimum absolute atomic E-state index is 0.0469. The van der Waals surface area contributed by atoms with Gasteiger partial charge in [0.05, 0.1) is 22.2 Å². The van der Waals surface area contributed by atoms with Crippen LogP contribution in [0.3, 0.4) is 0 Å². The lowest BCUT2D eigenvalue weighted by molar-refractivity contribution is -0.384. The molecule has 2 N–H and O–H groups in total. The molecule has 2 rings (SSSR count). The van der Waals surface area contributed by atoms with Crippen molar-refractivity contribution >= 4 is 34.6 Å². The van der Waals surface area contributed by atoms with E-state index >= 15 is 0 Å². The van der Waals surface area contributed by atoms with Crippen LogP contribution in [0.15, 0.2) is 42.5 Å². The van der Waals surface area contributed by atoms with E-state index in [0.29, 0.717) is 10.7 Å². The monoisotopic (exact) mass is 319 g/mol. The van der Waals surface area contributed by atoms with Gasteiger partial charge in [-0.25, -0.2) is 0 Å². The van der Waals surface area contributed by atoms with Crippen molar-refractivity contribution in [2.24, 2.45) is 0 Å². The summed E-state index contributed by atoms with van der Waals surface area (Å²) in [6.45, 7) is 1.70. The first-order chi connectivity index (χ1) is 10.5. The molecule has 2 aromatic carbocycles. The van der Waals surface area contributed by atoms with E-state index in [1.807, 2.05) is 0 Å². The largest absolute Gasteiger partial charge is 0.375 e. The average molecular weight is 320 g/mol. The van der Waals surface area contributed by atoms with E-state index in [4.69, 9.17) is 11.6 Å². The van der Waals surface area contributed by atoms with Gasteiger partial charge in [-0.1, -0.05) is 29.8 Å². The Morgan fingerprint density at radius 1 is 1.23 bits per heavy atom. The number of amides is 1. The number of carbonyl (C=O) groups excluding carboxylic acids is 1. The fourth-order valence-electron chi connectivity index (χ4n) is 1.87. The number of nitro benzene ring substituents is 1. The fraction of sp³-hybridized carbons (Fsp3) is 0.133. The Bertz CT molecular complexity index is 719. The third-order valence-electron chi connectivity index (χ3n) is 2.94. The highest BCUT2D eigenvalue weighted by Crippen LogP contribution is 2.25. The second-order valence-corrected chi connectivity index (χ2v) is 5.07. The predicted molar refractivity (Wildman–Crippen MR) is 86.4 cm³/mol. The van der Waals surface area contributed by atoms with Crippen molar-refractivity contribution in [2.75, 3.05) is 17.2 Å². The Labute approximate surface area is 132 Å². The summed E-state index contributed by atoms with van der Waals surface area (Å²) in [5, 5.41) is 16.9. The first kappa shape index (κ1) is 15.8. The molecular weight excluding hydrogens is 306 g/mol. The molecule has 0 radical (unpaired) electrons. The van der Waals surface area contributed by atoms with Crippen molar-refractivity contribution in [3.8, 4) is 0 Å². The highest BCUT2D eigenvalue weighted by molar-refractivity contribution is 6.33. The second-order valence-electron chi connectivity index (χ2n) is 4.66. The highest BCUT2D eigenvalue weighted by Gasteiger charge is 2.15. The van der Waals surface area contributed by atoms with Crippen LogP contribution in [0.2, 0.25) is 5.02 Å². The van der Waals surface area contributed by atoms with E-state index in [1.54, 1.807) is 37.3 Å². The standard InChI is InChI=1S/C15H14ClN3O3/c1-10-6-7-13(14(8-10)19(21)22)18-15(20)9-17-12-5-3-2-4-11(12)16/h2-8,17H,9H2,1H3,(H,18,20). The minimum Gasteiger partial charge on any atom is -0.375 e. The molecule has 0 heterocycles. The van der Waals surface area contributed by atoms with Gasteiger partial charge in [0.25, 0.3) is 5.69 Å². The van der Waals surface area contributed by atoms with Gasteiger partial charge in [-0.05, 0) is 30.7 Å². The molecule has 0 spiro atoms. The fourth-order valence-corrected chi connectivity index (χ4v) is 2.08. The van der Waals surface area contributed by atoms with Crippen LogP contribution in [0.4, 0.5) is 17.1 Å². The Morgan fingerprint density at radius 2 is 1.95 bits per heavy atom. The van der Waals surface area contributed by atoms with Gasteiger partial charge >= 0.3 is 0 Å². The van der Waals surface area contributed by atoms with Crippen molar-refractivity contribution < 1.29 is 9.72 Å². The lowest BCUT2D eigenvalue weighted by Crippen LogP contribution is -2.22. The number of hydrogen-bond donors (Lipinski definition) is 2. The number of hydrogen-bond acceptors (Lipinski definition) is 4. The average Bonchev–Trinajstić information content (AvgIpc) is 2.48. The van der Waals surface area contributed by atoms with Crippen LogP contribution in [0, 0.1) is 17.0 Å². The Balaban J connectivity index is 2.04. The maximum Gasteiger partial charge on any atom is 0.293 e. The van der Waals surface area contributed by atoms with E-state index in [2.05, 4.69) is 10.6 Å². The number of nitrogens with one attached hydrogen (secondary N) is 2. The Hall–Kier alpha value is -2.60. The molecule has 2 aromatic rings. The second kappa shape index (κ2) is 6.91. The van der Waals surface area contributed by atoms with E-state index in [-0.39, 0.29) is 17.9 Å². The maximum atomic E-state index is 11.9. The van der Waals surface area contributed by atoms with Gasteiger partial charge in [-0.2, -0.15) is 0 Å². The SMILES string of the molecule is Cc1ccc(NC(=O)CNc2ccccc2Cl)c([N+](=O)[O-])c1. The Kier molecular flexibility index (Phi) is 4.95. The quantitative estimate of drug-likeness (QED) is 0.651. The van der Waals surface area contributed by atoms with Crippen molar-refractivity contribution in [2.45, 2.75) is 6.92 Å². The lowest BCUT2D eigenvalue weighted by Gasteiger charge is -2.09. The van der Waals surface area contributed by atoms with Gasteiger partial charge < -0.3 is 10.6 Å². The first-order valence-electron chi connectivity index (χ1n) is 6.50. The van der Waals surface area contributed by atoms with Crippen molar-refractivity contribution in [3.63, 3.8) is 0 Å². The van der Waals surface area contributed by atoms with E-state index in [0.717, 1.165) is 5.56 Å². The van der Waals surface area contributed by atoms with Gasteiger partial charge in [0.15, 0.2) is 0 Å². The van der Waals surface area contributed by atoms with Gasteiger partial charge in [0.1, 0.15) is 5.69 Å². The molecule has 1 amide bonds. The van der Waals surface area contributed by atoms with Gasteiger partial charge in [0.2, 0.25) is 5.91 Å². The number of halogens is 1. The molecule has 0 bridgehead atoms. The van der Waals surface area contributed by atoms with Crippen LogP contribution in [0.25, 0.3) is 0 Å². The molecular formula is C15H14ClN3O3. The zero-order valence-electron chi connectivity index (χ0n) is 11.8. The number of aryl methyl sites for hydroxylation is 1. The Morgan fingerprint density at radius 3 is 2.64 bits per heavy atom. The molecule has 22 heavy (non-hydrogen) atoms. The number of benzene rings is 2. The molecule has 0 aliphatic rings. The molecule has 0 atom stereocenters. The third-order valence-corrected chi connectivity index (χ3v) is 3.27.